The predicted octanol–water partition coefficient (Wildman–Crippen LogP) is 2.57. The number of carbonyl (C=O) groups is 1. The van der Waals surface area contributed by atoms with E-state index < -0.39 is 18.2 Å². The summed E-state index contributed by atoms with van der Waals surface area (Å²) in [5.74, 6) is 1.57. The molecule has 0 aliphatic heterocycles. The molecule has 2 unspecified atom stereocenters. The van der Waals surface area contributed by atoms with Gasteiger partial charge in [0, 0.05) is 5.57 Å². The van der Waals surface area contributed by atoms with Crippen molar-refractivity contribution in [2.45, 2.75) is 32.0 Å². The summed E-state index contributed by atoms with van der Waals surface area (Å²) in [5.41, 5.74) is 0.276. The fraction of sp³-hybridized carbons (Fsp3) is 0.500. The largest absolute Gasteiger partial charge is 0.491 e. The summed E-state index contributed by atoms with van der Waals surface area (Å²) >= 11 is 0. The first-order valence-corrected chi connectivity index (χ1v) is 11.6. The molecule has 1 aromatic rings. The van der Waals surface area contributed by atoms with Gasteiger partial charge in [0.05, 0.1) is 26.4 Å². The molecule has 0 aromatic heterocycles. The Kier molecular flexibility index (Phi) is 13.6. The van der Waals surface area contributed by atoms with Gasteiger partial charge in [0.15, 0.2) is 0 Å². The van der Waals surface area contributed by atoms with Crippen LogP contribution in [0.15, 0.2) is 60.4 Å². The molecular formula is C26H36O9. The van der Waals surface area contributed by atoms with E-state index in [1.807, 2.05) is 18.2 Å². The van der Waals surface area contributed by atoms with E-state index in [-0.39, 0.29) is 38.6 Å². The summed E-state index contributed by atoms with van der Waals surface area (Å²) in [7, 11) is 0. The van der Waals surface area contributed by atoms with Gasteiger partial charge in [0.1, 0.15) is 55.9 Å². The Labute approximate surface area is 206 Å². The van der Waals surface area contributed by atoms with Gasteiger partial charge in [-0.2, -0.15) is 0 Å². The molecular weight excluding hydrogens is 456 g/mol. The molecule has 9 nitrogen and oxygen atoms in total. The van der Waals surface area contributed by atoms with Crippen LogP contribution in [0.4, 0.5) is 0 Å². The zero-order valence-electron chi connectivity index (χ0n) is 20.2. The molecule has 194 valence electrons. The third kappa shape index (κ3) is 13.0. The summed E-state index contributed by atoms with van der Waals surface area (Å²) in [6, 6.07) is 7.11. The van der Waals surface area contributed by atoms with Gasteiger partial charge >= 0.3 is 5.97 Å². The Hall–Kier alpha value is -2.85. The van der Waals surface area contributed by atoms with Crippen molar-refractivity contribution in [1.82, 2.24) is 0 Å². The number of allylic oxidation sites excluding steroid dienone is 3. The van der Waals surface area contributed by atoms with Crippen LogP contribution < -0.4 is 9.47 Å². The van der Waals surface area contributed by atoms with Gasteiger partial charge in [-0.15, -0.1) is 0 Å². The number of esters is 1. The minimum atomic E-state index is -0.910. The molecule has 1 aromatic carbocycles. The lowest BCUT2D eigenvalue weighted by atomic mass is 10.2. The van der Waals surface area contributed by atoms with Gasteiger partial charge in [0.2, 0.25) is 0 Å². The highest BCUT2D eigenvalue weighted by Gasteiger charge is 2.10. The smallest absolute Gasteiger partial charge is 0.333 e. The van der Waals surface area contributed by atoms with Crippen LogP contribution >= 0.6 is 0 Å². The maximum Gasteiger partial charge on any atom is 0.333 e. The van der Waals surface area contributed by atoms with Crippen molar-refractivity contribution >= 4 is 5.97 Å². The minimum Gasteiger partial charge on any atom is -0.491 e. The van der Waals surface area contributed by atoms with Gasteiger partial charge in [-0.25, -0.2) is 4.79 Å². The molecule has 0 amide bonds. The molecule has 35 heavy (non-hydrogen) atoms. The molecule has 0 heterocycles. The summed E-state index contributed by atoms with van der Waals surface area (Å²) in [4.78, 5) is 11.3. The third-order valence-corrected chi connectivity index (χ3v) is 4.60. The average Bonchev–Trinajstić information content (AvgIpc) is 2.87. The van der Waals surface area contributed by atoms with Crippen LogP contribution in [0.1, 0.15) is 19.8 Å². The average molecular weight is 493 g/mol. The first kappa shape index (κ1) is 28.4. The Morgan fingerprint density at radius 2 is 1.43 bits per heavy atom. The summed E-state index contributed by atoms with van der Waals surface area (Å²) in [6.07, 6.45) is 6.34. The quantitative estimate of drug-likeness (QED) is 0.181. The molecule has 0 spiro atoms. The third-order valence-electron chi connectivity index (χ3n) is 4.60. The number of ether oxygens (including phenoxy) is 6. The van der Waals surface area contributed by atoms with E-state index in [9.17, 15) is 15.0 Å². The molecule has 1 aliphatic carbocycles. The van der Waals surface area contributed by atoms with Crippen LogP contribution in [0.25, 0.3) is 0 Å². The Morgan fingerprint density at radius 1 is 0.857 bits per heavy atom. The Balaban J connectivity index is 1.47. The summed E-state index contributed by atoms with van der Waals surface area (Å²) < 4.78 is 32.3. The minimum absolute atomic E-state index is 0.0289. The van der Waals surface area contributed by atoms with Crippen molar-refractivity contribution < 1.29 is 43.4 Å². The van der Waals surface area contributed by atoms with E-state index in [1.165, 1.54) is 6.92 Å². The second-order valence-electron chi connectivity index (χ2n) is 7.90. The highest BCUT2D eigenvalue weighted by atomic mass is 16.6. The Morgan fingerprint density at radius 3 is 1.94 bits per heavy atom. The van der Waals surface area contributed by atoms with E-state index in [1.54, 1.807) is 24.3 Å². The first-order valence-electron chi connectivity index (χ1n) is 11.6. The van der Waals surface area contributed by atoms with Crippen LogP contribution in [-0.4, -0.2) is 81.2 Å². The van der Waals surface area contributed by atoms with Crippen molar-refractivity contribution in [2.24, 2.45) is 0 Å². The normalized spacial score (nSPS) is 14.5. The highest BCUT2D eigenvalue weighted by Crippen LogP contribution is 2.17. The summed E-state index contributed by atoms with van der Waals surface area (Å²) in [6.45, 7) is 6.50. The van der Waals surface area contributed by atoms with Crippen LogP contribution in [-0.2, 0) is 23.7 Å². The van der Waals surface area contributed by atoms with Crippen molar-refractivity contribution in [3.8, 4) is 11.5 Å². The van der Waals surface area contributed by atoms with Gasteiger partial charge in [-0.3, -0.25) is 0 Å². The fourth-order valence-corrected chi connectivity index (χ4v) is 2.79. The number of hydrogen-bond donors (Lipinski definition) is 2. The fourth-order valence-electron chi connectivity index (χ4n) is 2.79. The number of aliphatic hydroxyl groups excluding tert-OH is 2. The van der Waals surface area contributed by atoms with Crippen LogP contribution in [0.3, 0.4) is 0 Å². The molecule has 2 N–H and O–H groups in total. The van der Waals surface area contributed by atoms with Gasteiger partial charge in [-0.1, -0.05) is 12.7 Å². The lowest BCUT2D eigenvalue weighted by Gasteiger charge is -2.15. The molecule has 0 bridgehead atoms. The molecule has 0 fully saturated rings. The lowest BCUT2D eigenvalue weighted by Crippen LogP contribution is -2.25. The van der Waals surface area contributed by atoms with Crippen molar-refractivity contribution in [1.29, 1.82) is 0 Å². The SMILES string of the molecule is C=C(C)C(=O)OCC(O)COCCOc1ccc(OCCOCC(O)COC2=CCCC=C2)cc1. The highest BCUT2D eigenvalue weighted by molar-refractivity contribution is 5.86. The number of hydrogen-bond acceptors (Lipinski definition) is 9. The molecule has 9 heteroatoms. The number of aliphatic hydroxyl groups is 2. The Bertz CT molecular complexity index is 817. The monoisotopic (exact) mass is 492 g/mol. The van der Waals surface area contributed by atoms with Gasteiger partial charge in [-0.05, 0) is 56.2 Å². The van der Waals surface area contributed by atoms with Crippen LogP contribution in [0.5, 0.6) is 11.5 Å². The van der Waals surface area contributed by atoms with E-state index in [2.05, 4.69) is 6.58 Å². The van der Waals surface area contributed by atoms with Crippen molar-refractivity contribution in [3.63, 3.8) is 0 Å². The first-order chi connectivity index (χ1) is 16.9. The molecule has 0 saturated heterocycles. The molecule has 2 atom stereocenters. The second-order valence-corrected chi connectivity index (χ2v) is 7.90. The van der Waals surface area contributed by atoms with E-state index >= 15 is 0 Å². The standard InChI is InChI=1S/C26H36O9/c1-20(2)26(29)35-19-22(28)17-31-13-15-33-25-10-8-24(9-11-25)32-14-12-30-16-21(27)18-34-23-6-4-3-5-7-23/h4,6-11,21-22,27-28H,1,3,5,12-19H2,2H3. The lowest BCUT2D eigenvalue weighted by molar-refractivity contribution is -0.143. The van der Waals surface area contributed by atoms with Gasteiger partial charge < -0.3 is 38.6 Å². The van der Waals surface area contributed by atoms with E-state index in [4.69, 9.17) is 28.4 Å². The maximum atomic E-state index is 11.3. The maximum absolute atomic E-state index is 11.3. The summed E-state index contributed by atoms with van der Waals surface area (Å²) in [5, 5.41) is 19.6. The molecule has 1 aliphatic rings. The number of benzene rings is 1. The van der Waals surface area contributed by atoms with Crippen molar-refractivity contribution in [2.75, 3.05) is 52.9 Å². The topological polar surface area (TPSA) is 113 Å². The number of carbonyl (C=O) groups excluding carboxylic acids is 1. The molecule has 0 radical (unpaired) electrons. The zero-order chi connectivity index (χ0) is 25.3. The van der Waals surface area contributed by atoms with Crippen molar-refractivity contribution in [3.05, 3.63) is 60.4 Å². The molecule has 2 rings (SSSR count). The van der Waals surface area contributed by atoms with Crippen LogP contribution in [0.2, 0.25) is 0 Å². The zero-order valence-corrected chi connectivity index (χ0v) is 20.2. The second kappa shape index (κ2) is 16.7. The van der Waals surface area contributed by atoms with Crippen LogP contribution in [0, 0.1) is 0 Å². The van der Waals surface area contributed by atoms with Gasteiger partial charge in [0.25, 0.3) is 0 Å². The molecule has 0 saturated carbocycles. The van der Waals surface area contributed by atoms with E-state index in [0.717, 1.165) is 18.6 Å². The predicted molar refractivity (Wildman–Crippen MR) is 129 cm³/mol. The van der Waals surface area contributed by atoms with E-state index in [0.29, 0.717) is 31.3 Å². The number of rotatable bonds is 18.